The first-order valence-electron chi connectivity index (χ1n) is 5.62. The van der Waals surface area contributed by atoms with Gasteiger partial charge in [-0.05, 0) is 19.1 Å². The van der Waals surface area contributed by atoms with Crippen LogP contribution in [-0.2, 0) is 9.09 Å². The number of hydrogen-bond acceptors (Lipinski definition) is 4. The quantitative estimate of drug-likeness (QED) is 0.619. The van der Waals surface area contributed by atoms with Crippen LogP contribution in [0.5, 0.6) is 0 Å². The monoisotopic (exact) mass is 267 g/mol. The number of fused-ring (bicyclic) bond motifs is 1. The van der Waals surface area contributed by atoms with Crippen LogP contribution in [0.2, 0.25) is 0 Å². The lowest BCUT2D eigenvalue weighted by atomic mass is 10.1. The molecule has 5 nitrogen and oxygen atoms in total. The molecule has 1 atom stereocenters. The Morgan fingerprint density at radius 2 is 1.67 bits per heavy atom. The number of imide groups is 1. The molecule has 18 heavy (non-hydrogen) atoms. The van der Waals surface area contributed by atoms with E-state index in [9.17, 15) is 14.2 Å². The van der Waals surface area contributed by atoms with Gasteiger partial charge in [-0.2, -0.15) is 0 Å². The second-order valence-corrected chi connectivity index (χ2v) is 6.73. The van der Waals surface area contributed by atoms with Crippen LogP contribution in [0.1, 0.15) is 27.6 Å². The first-order chi connectivity index (χ1) is 8.46. The SMILES string of the molecule is CCOP(C)(=O)CN1C(=O)c2ccccc2C1=O. The fourth-order valence-corrected chi connectivity index (χ4v) is 3.34. The Morgan fingerprint density at radius 3 is 2.11 bits per heavy atom. The number of rotatable bonds is 4. The summed E-state index contributed by atoms with van der Waals surface area (Å²) >= 11 is 0. The number of benzene rings is 1. The van der Waals surface area contributed by atoms with Crippen molar-refractivity contribution in [1.82, 2.24) is 4.90 Å². The predicted molar refractivity (Wildman–Crippen MR) is 67.0 cm³/mol. The van der Waals surface area contributed by atoms with E-state index in [1.807, 2.05) is 0 Å². The normalized spacial score (nSPS) is 17.8. The van der Waals surface area contributed by atoms with Crippen molar-refractivity contribution >= 4 is 19.2 Å². The van der Waals surface area contributed by atoms with E-state index in [1.165, 1.54) is 6.66 Å². The van der Waals surface area contributed by atoms with Gasteiger partial charge in [0.25, 0.3) is 11.8 Å². The van der Waals surface area contributed by atoms with Gasteiger partial charge in [-0.1, -0.05) is 12.1 Å². The molecule has 0 saturated carbocycles. The highest BCUT2D eigenvalue weighted by Crippen LogP contribution is 2.44. The fraction of sp³-hybridized carbons (Fsp3) is 0.333. The van der Waals surface area contributed by atoms with Crippen LogP contribution in [0.4, 0.5) is 0 Å². The van der Waals surface area contributed by atoms with Gasteiger partial charge < -0.3 is 4.52 Å². The molecular formula is C12H14NO4P. The largest absolute Gasteiger partial charge is 0.328 e. The van der Waals surface area contributed by atoms with Gasteiger partial charge >= 0.3 is 0 Å². The molecule has 0 radical (unpaired) electrons. The Morgan fingerprint density at radius 1 is 1.17 bits per heavy atom. The molecule has 96 valence electrons. The van der Waals surface area contributed by atoms with E-state index in [1.54, 1.807) is 31.2 Å². The van der Waals surface area contributed by atoms with Crippen LogP contribution < -0.4 is 0 Å². The Hall–Kier alpha value is -1.45. The number of carbonyl (C=O) groups is 2. The van der Waals surface area contributed by atoms with Crippen LogP contribution in [-0.4, -0.2) is 36.3 Å². The van der Waals surface area contributed by atoms with Crippen molar-refractivity contribution in [2.24, 2.45) is 0 Å². The lowest BCUT2D eigenvalue weighted by Gasteiger charge is -2.19. The first-order valence-corrected chi connectivity index (χ1v) is 7.88. The summed E-state index contributed by atoms with van der Waals surface area (Å²) in [6.07, 6.45) is -0.173. The number of amides is 2. The summed E-state index contributed by atoms with van der Waals surface area (Å²) in [5, 5.41) is 0. The van der Waals surface area contributed by atoms with Crippen molar-refractivity contribution in [2.45, 2.75) is 6.92 Å². The number of carbonyl (C=O) groups excluding carboxylic acids is 2. The molecule has 1 aromatic carbocycles. The molecule has 6 heteroatoms. The number of nitrogens with zero attached hydrogens (tertiary/aromatic N) is 1. The lowest BCUT2D eigenvalue weighted by molar-refractivity contribution is 0.0674. The summed E-state index contributed by atoms with van der Waals surface area (Å²) in [7, 11) is -2.96. The Bertz CT molecular complexity index is 520. The fourth-order valence-electron chi connectivity index (χ4n) is 1.94. The van der Waals surface area contributed by atoms with E-state index in [0.717, 1.165) is 4.90 Å². The maximum atomic E-state index is 12.0. The Labute approximate surface area is 105 Å². The van der Waals surface area contributed by atoms with Crippen LogP contribution in [0.25, 0.3) is 0 Å². The van der Waals surface area contributed by atoms with Crippen molar-refractivity contribution in [3.63, 3.8) is 0 Å². The lowest BCUT2D eigenvalue weighted by Crippen LogP contribution is -2.30. The Kier molecular flexibility index (Phi) is 3.37. The molecule has 0 aliphatic carbocycles. The van der Waals surface area contributed by atoms with Crippen LogP contribution in [0.3, 0.4) is 0 Å². The molecule has 1 aliphatic heterocycles. The molecule has 1 unspecified atom stereocenters. The summed E-state index contributed by atoms with van der Waals surface area (Å²) in [5.41, 5.74) is 0.720. The third-order valence-corrected chi connectivity index (χ3v) is 4.28. The van der Waals surface area contributed by atoms with Gasteiger partial charge in [0.1, 0.15) is 6.29 Å². The highest BCUT2D eigenvalue weighted by atomic mass is 31.2. The predicted octanol–water partition coefficient (Wildman–Crippen LogP) is 2.18. The molecule has 0 bridgehead atoms. The van der Waals surface area contributed by atoms with Crippen molar-refractivity contribution in [3.8, 4) is 0 Å². The zero-order valence-corrected chi connectivity index (χ0v) is 11.1. The minimum atomic E-state index is -2.96. The molecule has 0 N–H and O–H groups in total. The second kappa shape index (κ2) is 4.67. The van der Waals surface area contributed by atoms with Crippen LogP contribution in [0.15, 0.2) is 24.3 Å². The van der Waals surface area contributed by atoms with E-state index < -0.39 is 19.2 Å². The summed E-state index contributed by atoms with van der Waals surface area (Å²) < 4.78 is 17.1. The van der Waals surface area contributed by atoms with Gasteiger partial charge in [0, 0.05) is 6.66 Å². The molecule has 0 spiro atoms. The molecule has 1 heterocycles. The first kappa shape index (κ1) is 13.0. The van der Waals surface area contributed by atoms with Crippen molar-refractivity contribution in [3.05, 3.63) is 35.4 Å². The standard InChI is InChI=1S/C12H14NO4P/c1-3-17-18(2,16)8-13-11(14)9-6-4-5-7-10(9)12(13)15/h4-7H,3,8H2,1-2H3. The maximum absolute atomic E-state index is 12.0. The topological polar surface area (TPSA) is 63.7 Å². The average Bonchev–Trinajstić information content (AvgIpc) is 2.55. The number of hydrogen-bond donors (Lipinski definition) is 0. The highest BCUT2D eigenvalue weighted by Gasteiger charge is 2.38. The van der Waals surface area contributed by atoms with E-state index >= 15 is 0 Å². The minimum Gasteiger partial charge on any atom is -0.328 e. The molecule has 0 aromatic heterocycles. The van der Waals surface area contributed by atoms with Crippen molar-refractivity contribution in [1.29, 1.82) is 0 Å². The van der Waals surface area contributed by atoms with Crippen molar-refractivity contribution in [2.75, 3.05) is 19.6 Å². The van der Waals surface area contributed by atoms with E-state index in [4.69, 9.17) is 4.52 Å². The average molecular weight is 267 g/mol. The van der Waals surface area contributed by atoms with Gasteiger partial charge in [0.15, 0.2) is 0 Å². The van der Waals surface area contributed by atoms with Gasteiger partial charge in [-0.3, -0.25) is 19.1 Å². The van der Waals surface area contributed by atoms with E-state index in [2.05, 4.69) is 0 Å². The molecular weight excluding hydrogens is 253 g/mol. The zero-order chi connectivity index (χ0) is 13.3. The van der Waals surface area contributed by atoms with Gasteiger partial charge in [0.05, 0.1) is 17.7 Å². The van der Waals surface area contributed by atoms with Crippen LogP contribution in [0, 0.1) is 0 Å². The van der Waals surface area contributed by atoms with Crippen molar-refractivity contribution < 1.29 is 18.7 Å². The van der Waals surface area contributed by atoms with Gasteiger partial charge in [0.2, 0.25) is 7.37 Å². The molecule has 2 amide bonds. The molecule has 1 aliphatic rings. The third kappa shape index (κ3) is 2.24. The second-order valence-electron chi connectivity index (χ2n) is 4.16. The third-order valence-electron chi connectivity index (χ3n) is 2.68. The minimum absolute atomic E-state index is 0.173. The zero-order valence-electron chi connectivity index (χ0n) is 10.3. The molecule has 0 fully saturated rings. The summed E-state index contributed by atoms with van der Waals surface area (Å²) in [6.45, 7) is 3.44. The van der Waals surface area contributed by atoms with Crippen LogP contribution >= 0.6 is 7.37 Å². The molecule has 0 saturated heterocycles. The van der Waals surface area contributed by atoms with E-state index in [0.29, 0.717) is 11.1 Å². The van der Waals surface area contributed by atoms with Gasteiger partial charge in [-0.15, -0.1) is 0 Å². The maximum Gasteiger partial charge on any atom is 0.262 e. The summed E-state index contributed by atoms with van der Waals surface area (Å²) in [4.78, 5) is 25.0. The summed E-state index contributed by atoms with van der Waals surface area (Å²) in [6, 6.07) is 6.58. The molecule has 1 aromatic rings. The smallest absolute Gasteiger partial charge is 0.262 e. The van der Waals surface area contributed by atoms with E-state index in [-0.39, 0.29) is 12.9 Å². The summed E-state index contributed by atoms with van der Waals surface area (Å²) in [5.74, 6) is -0.810. The van der Waals surface area contributed by atoms with Gasteiger partial charge in [-0.25, -0.2) is 0 Å². The molecule has 2 rings (SSSR count). The Balaban J connectivity index is 2.27. The highest BCUT2D eigenvalue weighted by molar-refractivity contribution is 7.58.